The first-order valence-corrected chi connectivity index (χ1v) is 7.71. The molecule has 1 aromatic rings. The van der Waals surface area contributed by atoms with Crippen LogP contribution in [-0.4, -0.2) is 23.7 Å². The molecule has 3 N–H and O–H groups in total. The molecule has 0 atom stereocenters. The highest BCUT2D eigenvalue weighted by Crippen LogP contribution is 2.18. The molecule has 0 aromatic heterocycles. The van der Waals surface area contributed by atoms with E-state index >= 15 is 0 Å². The molecule has 22 heavy (non-hydrogen) atoms. The van der Waals surface area contributed by atoms with Crippen LogP contribution in [0.25, 0.3) is 0 Å². The lowest BCUT2D eigenvalue weighted by molar-refractivity contribution is 0.410. The van der Waals surface area contributed by atoms with Crippen LogP contribution >= 0.6 is 24.0 Å². The molecular formula is C16H25FIN3O. The summed E-state index contributed by atoms with van der Waals surface area (Å²) >= 11 is 0. The van der Waals surface area contributed by atoms with Crippen molar-refractivity contribution in [2.75, 3.05) is 6.54 Å². The van der Waals surface area contributed by atoms with E-state index in [-0.39, 0.29) is 29.7 Å². The zero-order valence-electron chi connectivity index (χ0n) is 12.9. The smallest absolute Gasteiger partial charge is 0.191 e. The topological polar surface area (TPSA) is 56.7 Å². The molecule has 0 saturated heterocycles. The van der Waals surface area contributed by atoms with Crippen LogP contribution in [0.15, 0.2) is 23.2 Å². The third kappa shape index (κ3) is 5.98. The van der Waals surface area contributed by atoms with Gasteiger partial charge in [0.25, 0.3) is 0 Å². The van der Waals surface area contributed by atoms with Gasteiger partial charge in [-0.3, -0.25) is 0 Å². The van der Waals surface area contributed by atoms with Crippen molar-refractivity contribution >= 4 is 29.9 Å². The summed E-state index contributed by atoms with van der Waals surface area (Å²) in [4.78, 5) is 4.49. The van der Waals surface area contributed by atoms with E-state index in [2.05, 4.69) is 15.6 Å². The highest BCUT2D eigenvalue weighted by Gasteiger charge is 2.14. The maximum Gasteiger partial charge on any atom is 0.191 e. The summed E-state index contributed by atoms with van der Waals surface area (Å²) in [6.07, 6.45) is 6.20. The van der Waals surface area contributed by atoms with Crippen LogP contribution in [0.3, 0.4) is 0 Å². The third-order valence-corrected chi connectivity index (χ3v) is 3.72. The van der Waals surface area contributed by atoms with Crippen molar-refractivity contribution in [2.45, 2.75) is 51.6 Å². The minimum absolute atomic E-state index is 0. The fourth-order valence-electron chi connectivity index (χ4n) is 2.58. The number of nitrogens with zero attached hydrogens (tertiary/aromatic N) is 1. The summed E-state index contributed by atoms with van der Waals surface area (Å²) < 4.78 is 13.3. The molecule has 0 heterocycles. The molecule has 4 nitrogen and oxygen atoms in total. The number of aliphatic imine (C=N–C) groups is 1. The van der Waals surface area contributed by atoms with Gasteiger partial charge in [0.1, 0.15) is 0 Å². The van der Waals surface area contributed by atoms with Crippen LogP contribution < -0.4 is 10.6 Å². The standard InChI is InChI=1S/C16H24FN3O.HI/c1-2-18-16(20-13-6-4-3-5-7-13)19-11-12-8-9-15(21)14(17)10-12;/h8-10,13,21H,2-7,11H2,1H3,(H2,18,19,20);1H. The Labute approximate surface area is 148 Å². The van der Waals surface area contributed by atoms with Gasteiger partial charge in [-0.2, -0.15) is 0 Å². The molecule has 0 amide bonds. The summed E-state index contributed by atoms with van der Waals surface area (Å²) in [5, 5.41) is 15.9. The fraction of sp³-hybridized carbons (Fsp3) is 0.562. The van der Waals surface area contributed by atoms with Gasteiger partial charge in [0, 0.05) is 12.6 Å². The van der Waals surface area contributed by atoms with Gasteiger partial charge < -0.3 is 15.7 Å². The number of halogens is 2. The average Bonchev–Trinajstić information content (AvgIpc) is 2.49. The second-order valence-electron chi connectivity index (χ2n) is 5.46. The highest BCUT2D eigenvalue weighted by atomic mass is 127. The minimum atomic E-state index is -0.604. The lowest BCUT2D eigenvalue weighted by Crippen LogP contribution is -2.44. The van der Waals surface area contributed by atoms with Crippen molar-refractivity contribution in [3.05, 3.63) is 29.6 Å². The van der Waals surface area contributed by atoms with Gasteiger partial charge in [0.2, 0.25) is 0 Å². The van der Waals surface area contributed by atoms with Crippen LogP contribution in [0.1, 0.15) is 44.6 Å². The van der Waals surface area contributed by atoms with Crippen LogP contribution in [-0.2, 0) is 6.54 Å². The molecule has 0 unspecified atom stereocenters. The van der Waals surface area contributed by atoms with Gasteiger partial charge in [-0.05, 0) is 37.5 Å². The van der Waals surface area contributed by atoms with Gasteiger partial charge >= 0.3 is 0 Å². The molecule has 0 aliphatic heterocycles. The number of aromatic hydroxyl groups is 1. The maximum absolute atomic E-state index is 13.3. The van der Waals surface area contributed by atoms with Crippen molar-refractivity contribution in [3.63, 3.8) is 0 Å². The van der Waals surface area contributed by atoms with Crippen LogP contribution in [0.5, 0.6) is 5.75 Å². The molecule has 6 heteroatoms. The summed E-state index contributed by atoms with van der Waals surface area (Å²) in [5.74, 6) is -0.152. The van der Waals surface area contributed by atoms with Gasteiger partial charge in [-0.1, -0.05) is 25.3 Å². The average molecular weight is 421 g/mol. The van der Waals surface area contributed by atoms with Crippen molar-refractivity contribution in [3.8, 4) is 5.75 Å². The minimum Gasteiger partial charge on any atom is -0.505 e. The fourth-order valence-corrected chi connectivity index (χ4v) is 2.58. The Bertz CT molecular complexity index is 490. The van der Waals surface area contributed by atoms with Gasteiger partial charge in [-0.15, -0.1) is 24.0 Å². The first kappa shape index (κ1) is 19.0. The normalized spacial score (nSPS) is 16.0. The Morgan fingerprint density at radius 2 is 2.05 bits per heavy atom. The molecule has 1 aliphatic carbocycles. The number of benzene rings is 1. The number of rotatable bonds is 4. The summed E-state index contributed by atoms with van der Waals surface area (Å²) in [6, 6.07) is 4.85. The van der Waals surface area contributed by atoms with E-state index in [4.69, 9.17) is 0 Å². The zero-order valence-corrected chi connectivity index (χ0v) is 15.3. The van der Waals surface area contributed by atoms with E-state index in [9.17, 15) is 9.50 Å². The number of guanidine groups is 1. The Kier molecular flexibility index (Phi) is 8.52. The second kappa shape index (κ2) is 9.86. The monoisotopic (exact) mass is 421 g/mol. The van der Waals surface area contributed by atoms with E-state index in [1.54, 1.807) is 6.07 Å². The Morgan fingerprint density at radius 1 is 1.32 bits per heavy atom. The predicted octanol–water partition coefficient (Wildman–Crippen LogP) is 3.54. The molecule has 1 saturated carbocycles. The van der Waals surface area contributed by atoms with E-state index in [0.29, 0.717) is 12.6 Å². The molecule has 0 radical (unpaired) electrons. The number of nitrogens with one attached hydrogen (secondary N) is 2. The number of phenolic OH excluding ortho intramolecular Hbond substituents is 1. The zero-order chi connectivity index (χ0) is 15.1. The Morgan fingerprint density at radius 3 is 2.68 bits per heavy atom. The highest BCUT2D eigenvalue weighted by molar-refractivity contribution is 14.0. The number of hydrogen-bond acceptors (Lipinski definition) is 2. The van der Waals surface area contributed by atoms with Crippen LogP contribution in [0.4, 0.5) is 4.39 Å². The van der Waals surface area contributed by atoms with Crippen LogP contribution in [0.2, 0.25) is 0 Å². The van der Waals surface area contributed by atoms with E-state index in [1.807, 2.05) is 6.92 Å². The second-order valence-corrected chi connectivity index (χ2v) is 5.46. The quantitative estimate of drug-likeness (QED) is 0.396. The molecule has 1 aliphatic rings. The number of phenols is 1. The van der Waals surface area contributed by atoms with Crippen LogP contribution in [0, 0.1) is 5.82 Å². The van der Waals surface area contributed by atoms with E-state index in [1.165, 1.54) is 44.2 Å². The van der Waals surface area contributed by atoms with Gasteiger partial charge in [0.15, 0.2) is 17.5 Å². The lowest BCUT2D eigenvalue weighted by atomic mass is 9.96. The maximum atomic E-state index is 13.3. The van der Waals surface area contributed by atoms with Crippen molar-refractivity contribution in [2.24, 2.45) is 4.99 Å². The van der Waals surface area contributed by atoms with Gasteiger partial charge in [-0.25, -0.2) is 9.38 Å². The Balaban J connectivity index is 0.00000242. The van der Waals surface area contributed by atoms with E-state index in [0.717, 1.165) is 18.1 Å². The molecule has 124 valence electrons. The lowest BCUT2D eigenvalue weighted by Gasteiger charge is -2.24. The van der Waals surface area contributed by atoms with Crippen molar-refractivity contribution < 1.29 is 9.50 Å². The summed E-state index contributed by atoms with van der Waals surface area (Å²) in [6.45, 7) is 3.21. The molecule has 0 bridgehead atoms. The molecule has 2 rings (SSSR count). The first-order valence-electron chi connectivity index (χ1n) is 7.71. The molecule has 1 fully saturated rings. The Hall–Kier alpha value is -1.05. The van der Waals surface area contributed by atoms with Crippen molar-refractivity contribution in [1.82, 2.24) is 10.6 Å². The molecule has 1 aromatic carbocycles. The number of hydrogen-bond donors (Lipinski definition) is 3. The van der Waals surface area contributed by atoms with E-state index < -0.39 is 5.82 Å². The first-order chi connectivity index (χ1) is 10.2. The predicted molar refractivity (Wildman–Crippen MR) is 98.3 cm³/mol. The molecular weight excluding hydrogens is 396 g/mol. The van der Waals surface area contributed by atoms with Gasteiger partial charge in [0.05, 0.1) is 6.54 Å². The van der Waals surface area contributed by atoms with Crippen molar-refractivity contribution in [1.29, 1.82) is 0 Å². The molecule has 0 spiro atoms. The third-order valence-electron chi connectivity index (χ3n) is 3.72. The largest absolute Gasteiger partial charge is 0.505 e. The summed E-state index contributed by atoms with van der Waals surface area (Å²) in [5.41, 5.74) is 0.742. The summed E-state index contributed by atoms with van der Waals surface area (Å²) in [7, 11) is 0. The SMILES string of the molecule is CCNC(=NCc1ccc(O)c(F)c1)NC1CCCCC1.I.